The number of H-pyrrole nitrogens is 1. The highest BCUT2D eigenvalue weighted by Gasteiger charge is 2.15. The van der Waals surface area contributed by atoms with E-state index in [9.17, 15) is 0 Å². The van der Waals surface area contributed by atoms with Crippen LogP contribution in [0.4, 0.5) is 5.82 Å². The molecule has 0 atom stereocenters. The molecular formula is C21H23BrN4O. The first-order valence-electron chi connectivity index (χ1n) is 8.33. The third kappa shape index (κ3) is 4.28. The number of halogens is 1. The van der Waals surface area contributed by atoms with Crippen molar-refractivity contribution in [1.82, 2.24) is 15.0 Å². The molecule has 3 N–H and O–H groups in total. The van der Waals surface area contributed by atoms with Crippen LogP contribution in [0.5, 0.6) is 11.5 Å². The summed E-state index contributed by atoms with van der Waals surface area (Å²) in [6.07, 6.45) is 1.45. The quantitative estimate of drug-likeness (QED) is 0.395. The van der Waals surface area contributed by atoms with E-state index in [2.05, 4.69) is 30.9 Å². The van der Waals surface area contributed by atoms with E-state index in [4.69, 9.17) is 10.5 Å². The maximum atomic E-state index is 6.02. The summed E-state index contributed by atoms with van der Waals surface area (Å²) < 4.78 is 6.64. The number of aromatic nitrogens is 3. The maximum Gasteiger partial charge on any atom is 0.144 e. The van der Waals surface area contributed by atoms with Crippen LogP contribution in [0.2, 0.25) is 0 Å². The van der Waals surface area contributed by atoms with Gasteiger partial charge in [0.15, 0.2) is 0 Å². The zero-order valence-corrected chi connectivity index (χ0v) is 16.1. The number of nitrogen functional groups attached to an aromatic ring is 1. The number of nitrogens with zero attached hydrogens (tertiary/aromatic N) is 2. The lowest BCUT2D eigenvalue weighted by molar-refractivity contribution is 0.483. The van der Waals surface area contributed by atoms with Gasteiger partial charge in [0, 0.05) is 5.56 Å². The Hall–Kier alpha value is -2.86. The Morgan fingerprint density at radius 1 is 0.926 bits per heavy atom. The molecule has 0 amide bonds. The first-order valence-corrected chi connectivity index (χ1v) is 9.12. The second kappa shape index (κ2) is 9.19. The number of nitrogens with two attached hydrogens (primary N) is 1. The summed E-state index contributed by atoms with van der Waals surface area (Å²) in [6, 6.07) is 17.5. The summed E-state index contributed by atoms with van der Waals surface area (Å²) in [5, 5.41) is 0.807. The Labute approximate surface area is 167 Å². The highest BCUT2D eigenvalue weighted by atomic mass is 79.9. The van der Waals surface area contributed by atoms with Crippen LogP contribution < -0.4 is 10.5 Å². The minimum Gasteiger partial charge on any atom is -0.457 e. The van der Waals surface area contributed by atoms with E-state index in [0.29, 0.717) is 11.5 Å². The van der Waals surface area contributed by atoms with E-state index in [1.54, 1.807) is 0 Å². The van der Waals surface area contributed by atoms with Crippen LogP contribution in [0.15, 0.2) is 65.5 Å². The average molecular weight is 427 g/mol. The van der Waals surface area contributed by atoms with Crippen molar-refractivity contribution in [2.24, 2.45) is 0 Å². The minimum absolute atomic E-state index is 0. The molecule has 0 aliphatic carbocycles. The molecule has 2 heterocycles. The van der Waals surface area contributed by atoms with Gasteiger partial charge in [0.25, 0.3) is 0 Å². The van der Waals surface area contributed by atoms with Crippen LogP contribution in [0.3, 0.4) is 0 Å². The number of fused-ring (bicyclic) bond motifs is 1. The summed E-state index contributed by atoms with van der Waals surface area (Å²) in [5.41, 5.74) is 8.66. The number of para-hydroxylation sites is 1. The number of rotatable bonds is 3. The van der Waals surface area contributed by atoms with E-state index in [1.165, 1.54) is 6.33 Å². The molecule has 0 aliphatic heterocycles. The molecule has 5 nitrogen and oxygen atoms in total. The second-order valence-corrected chi connectivity index (χ2v) is 6.03. The average Bonchev–Trinajstić information content (AvgIpc) is 3.02. The Morgan fingerprint density at radius 3 is 2.22 bits per heavy atom. The van der Waals surface area contributed by atoms with Gasteiger partial charge in [-0.1, -0.05) is 51.6 Å². The van der Waals surface area contributed by atoms with Gasteiger partial charge in [-0.3, -0.25) is 0 Å². The van der Waals surface area contributed by atoms with Crippen LogP contribution in [-0.2, 0) is 0 Å². The number of hydrogen-bond acceptors (Lipinski definition) is 4. The van der Waals surface area contributed by atoms with E-state index in [-0.39, 0.29) is 7.43 Å². The van der Waals surface area contributed by atoms with Crippen LogP contribution >= 0.6 is 15.9 Å². The molecule has 27 heavy (non-hydrogen) atoms. The smallest absolute Gasteiger partial charge is 0.144 e. The molecule has 0 bridgehead atoms. The number of ether oxygens (including phenoxy) is 1. The van der Waals surface area contributed by atoms with E-state index >= 15 is 0 Å². The van der Waals surface area contributed by atoms with Crippen LogP contribution in [-0.4, -0.2) is 15.0 Å². The van der Waals surface area contributed by atoms with Gasteiger partial charge in [-0.2, -0.15) is 0 Å². The highest BCUT2D eigenvalue weighted by molar-refractivity contribution is 9.10. The molecule has 4 rings (SSSR count). The summed E-state index contributed by atoms with van der Waals surface area (Å²) in [7, 11) is 0. The highest BCUT2D eigenvalue weighted by Crippen LogP contribution is 2.37. The first kappa shape index (κ1) is 20.5. The molecule has 0 aliphatic rings. The van der Waals surface area contributed by atoms with Gasteiger partial charge in [0.05, 0.1) is 9.99 Å². The van der Waals surface area contributed by atoms with Gasteiger partial charge >= 0.3 is 0 Å². The zero-order chi connectivity index (χ0) is 18.5. The van der Waals surface area contributed by atoms with E-state index < -0.39 is 0 Å². The van der Waals surface area contributed by atoms with Crippen LogP contribution in [0.25, 0.3) is 22.2 Å². The molecule has 2 aromatic heterocycles. The largest absolute Gasteiger partial charge is 0.457 e. The van der Waals surface area contributed by atoms with Gasteiger partial charge in [0.2, 0.25) is 0 Å². The van der Waals surface area contributed by atoms with Crippen LogP contribution in [0.1, 0.15) is 21.3 Å². The molecule has 0 fully saturated rings. The molecule has 2 aromatic carbocycles. The van der Waals surface area contributed by atoms with E-state index in [1.807, 2.05) is 68.4 Å². The van der Waals surface area contributed by atoms with Gasteiger partial charge in [-0.05, 0) is 45.8 Å². The van der Waals surface area contributed by atoms with Crippen molar-refractivity contribution in [2.45, 2.75) is 21.3 Å². The van der Waals surface area contributed by atoms with Gasteiger partial charge < -0.3 is 15.5 Å². The lowest BCUT2D eigenvalue weighted by atomic mass is 10.1. The fourth-order valence-corrected chi connectivity index (χ4v) is 3.22. The normalized spacial score (nSPS) is 9.89. The Kier molecular flexibility index (Phi) is 6.96. The Morgan fingerprint density at radius 2 is 1.56 bits per heavy atom. The first-order chi connectivity index (χ1) is 12.7. The van der Waals surface area contributed by atoms with Crippen molar-refractivity contribution >= 4 is 32.8 Å². The number of nitrogens with one attached hydrogen (secondary N) is 1. The van der Waals surface area contributed by atoms with Crippen molar-refractivity contribution < 1.29 is 4.74 Å². The lowest BCUT2D eigenvalue weighted by Gasteiger charge is -2.07. The monoisotopic (exact) mass is 426 g/mol. The Bertz CT molecular complexity index is 998. The standard InChI is InChI=1S/C18H13BrN4O.C2H6.CH4/c19-16-14(15-17(20)21-10-22-18(15)23-16)11-6-8-13(9-7-11)24-12-4-2-1-3-5-12;1-2;/h1-10H,(H3,20,21,22,23);1-2H3;1H4. The predicted octanol–water partition coefficient (Wildman–Crippen LogP) is 6.42. The summed E-state index contributed by atoms with van der Waals surface area (Å²) in [4.78, 5) is 11.5. The third-order valence-corrected chi connectivity index (χ3v) is 4.29. The van der Waals surface area contributed by atoms with Gasteiger partial charge in [0.1, 0.15) is 29.3 Å². The molecule has 140 valence electrons. The summed E-state index contributed by atoms with van der Waals surface area (Å²) in [6.45, 7) is 4.00. The molecule has 0 spiro atoms. The predicted molar refractivity (Wildman–Crippen MR) is 116 cm³/mol. The number of hydrogen-bond donors (Lipinski definition) is 2. The zero-order valence-electron chi connectivity index (χ0n) is 14.5. The van der Waals surface area contributed by atoms with E-state index in [0.717, 1.165) is 32.6 Å². The van der Waals surface area contributed by atoms with Crippen molar-refractivity contribution in [3.63, 3.8) is 0 Å². The summed E-state index contributed by atoms with van der Waals surface area (Å²) in [5.74, 6) is 2.02. The van der Waals surface area contributed by atoms with Crippen molar-refractivity contribution in [3.05, 3.63) is 65.5 Å². The van der Waals surface area contributed by atoms with Crippen molar-refractivity contribution in [3.8, 4) is 22.6 Å². The topological polar surface area (TPSA) is 76.8 Å². The molecule has 0 saturated carbocycles. The molecule has 0 unspecified atom stereocenters. The molecule has 6 heteroatoms. The maximum absolute atomic E-state index is 6.02. The van der Waals surface area contributed by atoms with Crippen LogP contribution in [0, 0.1) is 0 Å². The molecular weight excluding hydrogens is 404 g/mol. The lowest BCUT2D eigenvalue weighted by Crippen LogP contribution is -1.92. The van der Waals surface area contributed by atoms with Gasteiger partial charge in [-0.15, -0.1) is 0 Å². The number of anilines is 1. The van der Waals surface area contributed by atoms with Crippen molar-refractivity contribution in [1.29, 1.82) is 0 Å². The molecule has 4 aromatic rings. The summed E-state index contributed by atoms with van der Waals surface area (Å²) >= 11 is 3.54. The van der Waals surface area contributed by atoms with Gasteiger partial charge in [-0.25, -0.2) is 9.97 Å². The third-order valence-electron chi connectivity index (χ3n) is 3.70. The fourth-order valence-electron chi connectivity index (χ4n) is 2.60. The number of benzene rings is 2. The molecule has 0 saturated heterocycles. The van der Waals surface area contributed by atoms with Crippen molar-refractivity contribution in [2.75, 3.05) is 5.73 Å². The Balaban J connectivity index is 0.000000844. The SMILES string of the molecule is C.CC.Nc1ncnc2[nH]c(Br)c(-c3ccc(Oc4ccccc4)cc3)c12. The second-order valence-electron chi connectivity index (χ2n) is 5.24. The number of aromatic amines is 1. The molecule has 0 radical (unpaired) electrons. The fraction of sp³-hybridized carbons (Fsp3) is 0.143. The minimum atomic E-state index is 0.